The highest BCUT2D eigenvalue weighted by Crippen LogP contribution is 2.20. The zero-order valence-corrected chi connectivity index (χ0v) is 9.85. The summed E-state index contributed by atoms with van der Waals surface area (Å²) in [5.41, 5.74) is 0. The zero-order chi connectivity index (χ0) is 11.2. The molecule has 5 nitrogen and oxygen atoms in total. The summed E-state index contributed by atoms with van der Waals surface area (Å²) < 4.78 is 7.67. The van der Waals surface area contributed by atoms with Gasteiger partial charge in [-0.05, 0) is 12.8 Å². The summed E-state index contributed by atoms with van der Waals surface area (Å²) in [6, 6.07) is 0. The van der Waals surface area contributed by atoms with Gasteiger partial charge < -0.3 is 14.6 Å². The molecule has 0 atom stereocenters. The molecule has 0 unspecified atom stereocenters. The van der Waals surface area contributed by atoms with Crippen molar-refractivity contribution in [3.63, 3.8) is 0 Å². The molecule has 16 heavy (non-hydrogen) atoms. The minimum absolute atomic E-state index is 0.511. The minimum Gasteiger partial charge on any atom is -0.377 e. The normalized spacial score (nSPS) is 17.1. The predicted molar refractivity (Wildman–Crippen MR) is 60.9 cm³/mol. The Morgan fingerprint density at radius 3 is 3.00 bits per heavy atom. The van der Waals surface area contributed by atoms with E-state index in [-0.39, 0.29) is 0 Å². The van der Waals surface area contributed by atoms with E-state index in [4.69, 9.17) is 4.74 Å². The number of nitrogens with zero attached hydrogens (tertiary/aromatic N) is 3. The topological polar surface area (TPSA) is 52.0 Å². The lowest BCUT2D eigenvalue weighted by molar-refractivity contribution is 0.0602. The molecule has 1 N–H and O–H groups in total. The van der Waals surface area contributed by atoms with Gasteiger partial charge in [0.25, 0.3) is 0 Å². The molecule has 90 valence electrons. The highest BCUT2D eigenvalue weighted by Gasteiger charge is 2.14. The van der Waals surface area contributed by atoms with E-state index >= 15 is 0 Å². The molecule has 1 heterocycles. The average Bonchev–Trinajstić information content (AvgIpc) is 2.90. The van der Waals surface area contributed by atoms with Crippen molar-refractivity contribution in [2.24, 2.45) is 7.05 Å². The Balaban J connectivity index is 1.53. The number of rotatable bonds is 6. The molecule has 2 rings (SSSR count). The van der Waals surface area contributed by atoms with Gasteiger partial charge in [-0.1, -0.05) is 12.8 Å². The molecule has 0 spiro atoms. The van der Waals surface area contributed by atoms with Crippen LogP contribution in [0.5, 0.6) is 0 Å². The maximum atomic E-state index is 5.75. The average molecular weight is 224 g/mol. The maximum Gasteiger partial charge on any atom is 0.146 e. The van der Waals surface area contributed by atoms with Gasteiger partial charge in [0.05, 0.1) is 19.3 Å². The van der Waals surface area contributed by atoms with Crippen molar-refractivity contribution >= 4 is 0 Å². The molecule has 0 saturated heterocycles. The molecule has 0 aromatic carbocycles. The van der Waals surface area contributed by atoms with E-state index in [1.54, 1.807) is 6.33 Å². The lowest BCUT2D eigenvalue weighted by Gasteiger charge is -2.11. The van der Waals surface area contributed by atoms with Crippen molar-refractivity contribution in [1.29, 1.82) is 0 Å². The van der Waals surface area contributed by atoms with Crippen molar-refractivity contribution in [1.82, 2.24) is 20.1 Å². The Morgan fingerprint density at radius 2 is 2.31 bits per heavy atom. The van der Waals surface area contributed by atoms with Crippen molar-refractivity contribution in [3.8, 4) is 0 Å². The molecule has 1 aliphatic rings. The van der Waals surface area contributed by atoms with Crippen molar-refractivity contribution < 1.29 is 4.74 Å². The van der Waals surface area contributed by atoms with E-state index < -0.39 is 0 Å². The molecule has 1 aromatic rings. The Morgan fingerprint density at radius 1 is 1.50 bits per heavy atom. The molecule has 0 amide bonds. The van der Waals surface area contributed by atoms with E-state index in [0.29, 0.717) is 6.10 Å². The number of ether oxygens (including phenoxy) is 1. The lowest BCUT2D eigenvalue weighted by Crippen LogP contribution is -2.23. The fourth-order valence-corrected chi connectivity index (χ4v) is 2.02. The van der Waals surface area contributed by atoms with Crippen LogP contribution in [0.1, 0.15) is 31.5 Å². The SMILES string of the molecule is Cn1cnnc1CNCCOC1CCCC1. The number of aromatic nitrogens is 3. The van der Waals surface area contributed by atoms with Gasteiger partial charge in [0.2, 0.25) is 0 Å². The monoisotopic (exact) mass is 224 g/mol. The highest BCUT2D eigenvalue weighted by atomic mass is 16.5. The van der Waals surface area contributed by atoms with E-state index in [1.807, 2.05) is 11.6 Å². The van der Waals surface area contributed by atoms with E-state index in [9.17, 15) is 0 Å². The lowest BCUT2D eigenvalue weighted by atomic mass is 10.3. The fraction of sp³-hybridized carbons (Fsp3) is 0.818. The van der Waals surface area contributed by atoms with Crippen LogP contribution < -0.4 is 5.32 Å². The molecule has 1 aliphatic carbocycles. The standard InChI is InChI=1S/C11H20N4O/c1-15-9-13-14-11(15)8-12-6-7-16-10-4-2-3-5-10/h9-10,12H,2-8H2,1H3. The largest absolute Gasteiger partial charge is 0.377 e. The third-order valence-corrected chi connectivity index (χ3v) is 3.02. The van der Waals surface area contributed by atoms with Gasteiger partial charge in [-0.2, -0.15) is 0 Å². The predicted octanol–water partition coefficient (Wildman–Crippen LogP) is 0.864. The number of hydrogen-bond donors (Lipinski definition) is 1. The maximum absolute atomic E-state index is 5.75. The summed E-state index contributed by atoms with van der Waals surface area (Å²) in [4.78, 5) is 0. The van der Waals surface area contributed by atoms with Gasteiger partial charge in [0.1, 0.15) is 12.2 Å². The summed E-state index contributed by atoms with van der Waals surface area (Å²) >= 11 is 0. The van der Waals surface area contributed by atoms with Gasteiger partial charge in [0.15, 0.2) is 0 Å². The van der Waals surface area contributed by atoms with E-state index in [1.165, 1.54) is 25.7 Å². The highest BCUT2D eigenvalue weighted by molar-refractivity contribution is 4.82. The summed E-state index contributed by atoms with van der Waals surface area (Å²) in [7, 11) is 1.95. The molecule has 0 radical (unpaired) electrons. The van der Waals surface area contributed by atoms with Crippen LogP contribution in [0.15, 0.2) is 6.33 Å². The van der Waals surface area contributed by atoms with Crippen LogP contribution in [0, 0.1) is 0 Å². The second-order valence-corrected chi connectivity index (χ2v) is 4.31. The Labute approximate surface area is 96.2 Å². The van der Waals surface area contributed by atoms with E-state index in [2.05, 4.69) is 15.5 Å². The zero-order valence-electron chi connectivity index (χ0n) is 9.85. The summed E-state index contributed by atoms with van der Waals surface area (Å²) in [6.45, 7) is 2.43. The molecule has 0 bridgehead atoms. The Kier molecular flexibility index (Phi) is 4.30. The van der Waals surface area contributed by atoms with Gasteiger partial charge in [-0.15, -0.1) is 10.2 Å². The van der Waals surface area contributed by atoms with Crippen molar-refractivity contribution in [3.05, 3.63) is 12.2 Å². The molecule has 1 saturated carbocycles. The van der Waals surface area contributed by atoms with E-state index in [0.717, 1.165) is 25.5 Å². The van der Waals surface area contributed by atoms with Crippen molar-refractivity contribution in [2.45, 2.75) is 38.3 Å². The van der Waals surface area contributed by atoms with Gasteiger partial charge in [-0.3, -0.25) is 0 Å². The molecule has 1 aromatic heterocycles. The molecule has 1 fully saturated rings. The van der Waals surface area contributed by atoms with Gasteiger partial charge in [-0.25, -0.2) is 0 Å². The first kappa shape index (κ1) is 11.5. The molecular weight excluding hydrogens is 204 g/mol. The summed E-state index contributed by atoms with van der Waals surface area (Å²) in [6.07, 6.45) is 7.36. The first-order valence-electron chi connectivity index (χ1n) is 6.01. The summed E-state index contributed by atoms with van der Waals surface area (Å²) in [5.74, 6) is 0.959. The van der Waals surface area contributed by atoms with Crippen LogP contribution in [-0.4, -0.2) is 34.0 Å². The van der Waals surface area contributed by atoms with Crippen LogP contribution in [-0.2, 0) is 18.3 Å². The molecule has 0 aliphatic heterocycles. The molecular formula is C11H20N4O. The third-order valence-electron chi connectivity index (χ3n) is 3.02. The quantitative estimate of drug-likeness (QED) is 0.728. The number of aryl methyl sites for hydroxylation is 1. The second kappa shape index (κ2) is 5.96. The summed E-state index contributed by atoms with van der Waals surface area (Å²) in [5, 5.41) is 11.1. The van der Waals surface area contributed by atoms with Gasteiger partial charge in [0, 0.05) is 13.6 Å². The van der Waals surface area contributed by atoms with Crippen molar-refractivity contribution in [2.75, 3.05) is 13.2 Å². The van der Waals surface area contributed by atoms with Crippen LogP contribution >= 0.6 is 0 Å². The smallest absolute Gasteiger partial charge is 0.146 e. The van der Waals surface area contributed by atoms with Crippen LogP contribution in [0.3, 0.4) is 0 Å². The Bertz CT molecular complexity index is 307. The van der Waals surface area contributed by atoms with Crippen LogP contribution in [0.4, 0.5) is 0 Å². The van der Waals surface area contributed by atoms with Gasteiger partial charge >= 0.3 is 0 Å². The first-order chi connectivity index (χ1) is 7.86. The number of nitrogens with one attached hydrogen (secondary N) is 1. The first-order valence-corrected chi connectivity index (χ1v) is 6.01. The van der Waals surface area contributed by atoms with Crippen LogP contribution in [0.25, 0.3) is 0 Å². The molecule has 5 heteroatoms. The Hall–Kier alpha value is -0.940. The van der Waals surface area contributed by atoms with Crippen LogP contribution in [0.2, 0.25) is 0 Å². The minimum atomic E-state index is 0.511. The number of hydrogen-bond acceptors (Lipinski definition) is 4. The second-order valence-electron chi connectivity index (χ2n) is 4.31. The fourth-order valence-electron chi connectivity index (χ4n) is 2.02. The third kappa shape index (κ3) is 3.28.